The van der Waals surface area contributed by atoms with Crippen LogP contribution in [-0.2, 0) is 0 Å². The van der Waals surface area contributed by atoms with E-state index in [9.17, 15) is 4.79 Å². The molecular weight excluding hydrogens is 236 g/mol. The van der Waals surface area contributed by atoms with E-state index in [0.29, 0.717) is 11.3 Å². The van der Waals surface area contributed by atoms with Crippen LogP contribution in [-0.4, -0.2) is 11.9 Å². The van der Waals surface area contributed by atoms with Gasteiger partial charge in [-0.25, -0.2) is 0 Å². The maximum atomic E-state index is 12.2. The van der Waals surface area contributed by atoms with Crippen molar-refractivity contribution in [1.82, 2.24) is 5.32 Å². The van der Waals surface area contributed by atoms with Crippen LogP contribution < -0.4 is 11.1 Å². The fraction of sp³-hybridized carbons (Fsp3) is 0.562. The average Bonchev–Trinajstić information content (AvgIpc) is 2.34. The fourth-order valence-corrected chi connectivity index (χ4v) is 2.19. The second-order valence-corrected chi connectivity index (χ2v) is 5.39. The minimum Gasteiger partial charge on any atom is -0.398 e. The maximum absolute atomic E-state index is 12.2. The van der Waals surface area contributed by atoms with Gasteiger partial charge in [-0.05, 0) is 44.4 Å². The van der Waals surface area contributed by atoms with E-state index in [0.717, 1.165) is 24.0 Å². The third-order valence-electron chi connectivity index (χ3n) is 3.48. The Balaban J connectivity index is 2.65. The summed E-state index contributed by atoms with van der Waals surface area (Å²) < 4.78 is 0. The van der Waals surface area contributed by atoms with Crippen LogP contribution in [0.15, 0.2) is 12.1 Å². The van der Waals surface area contributed by atoms with Crippen molar-refractivity contribution in [2.24, 2.45) is 0 Å². The summed E-state index contributed by atoms with van der Waals surface area (Å²) in [4.78, 5) is 12.2. The SMILES string of the molecule is CCCCCC(C)NC(=O)c1cc(N)c(C)cc1C. The highest BCUT2D eigenvalue weighted by Crippen LogP contribution is 2.18. The van der Waals surface area contributed by atoms with Crippen molar-refractivity contribution < 1.29 is 4.79 Å². The molecule has 1 atom stereocenters. The van der Waals surface area contributed by atoms with Gasteiger partial charge in [-0.1, -0.05) is 32.3 Å². The zero-order chi connectivity index (χ0) is 14.4. The second kappa shape index (κ2) is 7.17. The monoisotopic (exact) mass is 262 g/mol. The Labute approximate surface area is 116 Å². The van der Waals surface area contributed by atoms with Crippen molar-refractivity contribution >= 4 is 11.6 Å². The number of hydrogen-bond acceptors (Lipinski definition) is 2. The van der Waals surface area contributed by atoms with Gasteiger partial charge in [0.1, 0.15) is 0 Å². The predicted octanol–water partition coefficient (Wildman–Crippen LogP) is 3.58. The quantitative estimate of drug-likeness (QED) is 0.608. The molecule has 0 saturated heterocycles. The number of carbonyl (C=O) groups is 1. The van der Waals surface area contributed by atoms with Crippen LogP contribution in [0.1, 0.15) is 61.0 Å². The van der Waals surface area contributed by atoms with E-state index in [1.807, 2.05) is 19.9 Å². The normalized spacial score (nSPS) is 12.2. The van der Waals surface area contributed by atoms with Gasteiger partial charge in [0.25, 0.3) is 5.91 Å². The zero-order valence-electron chi connectivity index (χ0n) is 12.5. The van der Waals surface area contributed by atoms with Crippen LogP contribution in [0.3, 0.4) is 0 Å². The number of aryl methyl sites for hydroxylation is 2. The van der Waals surface area contributed by atoms with Gasteiger partial charge in [0.15, 0.2) is 0 Å². The number of nitrogens with one attached hydrogen (secondary N) is 1. The Hall–Kier alpha value is -1.51. The Kier molecular flexibility index (Phi) is 5.87. The van der Waals surface area contributed by atoms with Crippen molar-refractivity contribution in [3.05, 3.63) is 28.8 Å². The molecule has 0 spiro atoms. The lowest BCUT2D eigenvalue weighted by Crippen LogP contribution is -2.33. The molecule has 1 rings (SSSR count). The smallest absolute Gasteiger partial charge is 0.251 e. The maximum Gasteiger partial charge on any atom is 0.251 e. The second-order valence-electron chi connectivity index (χ2n) is 5.39. The largest absolute Gasteiger partial charge is 0.398 e. The van der Waals surface area contributed by atoms with Crippen LogP contribution in [0.2, 0.25) is 0 Å². The number of hydrogen-bond donors (Lipinski definition) is 2. The van der Waals surface area contributed by atoms with Crippen molar-refractivity contribution in [2.45, 2.75) is 59.4 Å². The standard InChI is InChI=1S/C16H26N2O/c1-5-6-7-8-13(4)18-16(19)14-10-15(17)12(3)9-11(14)2/h9-10,13H,5-8,17H2,1-4H3,(H,18,19). The minimum atomic E-state index is -0.0202. The first-order chi connectivity index (χ1) is 8.95. The van der Waals surface area contributed by atoms with E-state index in [-0.39, 0.29) is 11.9 Å². The summed E-state index contributed by atoms with van der Waals surface area (Å²) in [6.45, 7) is 8.14. The molecule has 0 aliphatic rings. The van der Waals surface area contributed by atoms with Crippen LogP contribution in [0.4, 0.5) is 5.69 Å². The van der Waals surface area contributed by atoms with Crippen LogP contribution in [0.25, 0.3) is 0 Å². The molecule has 0 saturated carbocycles. The number of amides is 1. The van der Waals surface area contributed by atoms with Crippen molar-refractivity contribution in [1.29, 1.82) is 0 Å². The van der Waals surface area contributed by atoms with Gasteiger partial charge < -0.3 is 11.1 Å². The van der Waals surface area contributed by atoms with Crippen molar-refractivity contribution in [2.75, 3.05) is 5.73 Å². The van der Waals surface area contributed by atoms with Gasteiger partial charge >= 0.3 is 0 Å². The molecule has 19 heavy (non-hydrogen) atoms. The molecule has 0 fully saturated rings. The zero-order valence-corrected chi connectivity index (χ0v) is 12.5. The summed E-state index contributed by atoms with van der Waals surface area (Å²) >= 11 is 0. The number of unbranched alkanes of at least 4 members (excludes halogenated alkanes) is 2. The molecule has 0 aliphatic carbocycles. The Bertz CT molecular complexity index is 441. The van der Waals surface area contributed by atoms with Crippen molar-refractivity contribution in [3.63, 3.8) is 0 Å². The number of nitrogens with two attached hydrogens (primary N) is 1. The molecular formula is C16H26N2O. The third kappa shape index (κ3) is 4.58. The Morgan fingerprint density at radius 1 is 1.26 bits per heavy atom. The molecule has 1 aromatic carbocycles. The van der Waals surface area contributed by atoms with E-state index in [1.54, 1.807) is 6.07 Å². The number of nitrogen functional groups attached to an aromatic ring is 1. The first kappa shape index (κ1) is 15.5. The summed E-state index contributed by atoms with van der Waals surface area (Å²) in [5.41, 5.74) is 9.23. The van der Waals surface area contributed by atoms with Gasteiger partial charge in [0, 0.05) is 17.3 Å². The fourth-order valence-electron chi connectivity index (χ4n) is 2.19. The lowest BCUT2D eigenvalue weighted by molar-refractivity contribution is 0.0937. The van der Waals surface area contributed by atoms with Gasteiger partial charge in [0.2, 0.25) is 0 Å². The molecule has 0 heterocycles. The molecule has 1 unspecified atom stereocenters. The summed E-state index contributed by atoms with van der Waals surface area (Å²) in [6, 6.07) is 3.95. The van der Waals surface area contributed by atoms with E-state index in [1.165, 1.54) is 12.8 Å². The van der Waals surface area contributed by atoms with Gasteiger partial charge in [-0.2, -0.15) is 0 Å². The highest BCUT2D eigenvalue weighted by atomic mass is 16.1. The van der Waals surface area contributed by atoms with Gasteiger partial charge in [-0.15, -0.1) is 0 Å². The predicted molar refractivity (Wildman–Crippen MR) is 81.4 cm³/mol. The van der Waals surface area contributed by atoms with Gasteiger partial charge in [0.05, 0.1) is 0 Å². The number of anilines is 1. The Morgan fingerprint density at radius 2 is 1.95 bits per heavy atom. The Morgan fingerprint density at radius 3 is 2.58 bits per heavy atom. The highest BCUT2D eigenvalue weighted by Gasteiger charge is 2.13. The minimum absolute atomic E-state index is 0.0202. The molecule has 0 aromatic heterocycles. The molecule has 3 heteroatoms. The van der Waals surface area contributed by atoms with E-state index >= 15 is 0 Å². The number of benzene rings is 1. The first-order valence-electron chi connectivity index (χ1n) is 7.13. The molecule has 1 aromatic rings. The summed E-state index contributed by atoms with van der Waals surface area (Å²) in [5, 5.41) is 3.05. The molecule has 1 amide bonds. The lowest BCUT2D eigenvalue weighted by atomic mass is 10.0. The van der Waals surface area contributed by atoms with E-state index in [2.05, 4.69) is 19.2 Å². The summed E-state index contributed by atoms with van der Waals surface area (Å²) in [6.07, 6.45) is 4.61. The molecule has 0 aliphatic heterocycles. The third-order valence-corrected chi connectivity index (χ3v) is 3.48. The molecule has 0 bridgehead atoms. The van der Waals surface area contributed by atoms with E-state index in [4.69, 9.17) is 5.73 Å². The molecule has 3 nitrogen and oxygen atoms in total. The van der Waals surface area contributed by atoms with Crippen LogP contribution in [0.5, 0.6) is 0 Å². The van der Waals surface area contributed by atoms with Crippen LogP contribution in [0, 0.1) is 13.8 Å². The van der Waals surface area contributed by atoms with E-state index < -0.39 is 0 Å². The van der Waals surface area contributed by atoms with Crippen molar-refractivity contribution in [3.8, 4) is 0 Å². The first-order valence-corrected chi connectivity index (χ1v) is 7.13. The topological polar surface area (TPSA) is 55.1 Å². The summed E-state index contributed by atoms with van der Waals surface area (Å²) in [7, 11) is 0. The average molecular weight is 262 g/mol. The van der Waals surface area contributed by atoms with Crippen LogP contribution >= 0.6 is 0 Å². The van der Waals surface area contributed by atoms with Gasteiger partial charge in [-0.3, -0.25) is 4.79 Å². The molecule has 3 N–H and O–H groups in total. The molecule has 106 valence electrons. The molecule has 0 radical (unpaired) electrons. The highest BCUT2D eigenvalue weighted by molar-refractivity contribution is 5.96. The summed E-state index contributed by atoms with van der Waals surface area (Å²) in [5.74, 6) is -0.0202. The lowest BCUT2D eigenvalue weighted by Gasteiger charge is -2.15. The number of rotatable bonds is 6. The number of carbonyl (C=O) groups excluding carboxylic acids is 1.